The molecule has 3 rings (SSSR count). The molecule has 8 heteroatoms. The van der Waals surface area contributed by atoms with Crippen molar-refractivity contribution in [2.24, 2.45) is 0 Å². The molecule has 1 heterocycles. The van der Waals surface area contributed by atoms with Crippen molar-refractivity contribution in [2.75, 3.05) is 13.1 Å². The molecule has 0 aliphatic carbocycles. The van der Waals surface area contributed by atoms with Crippen molar-refractivity contribution >= 4 is 27.0 Å². The van der Waals surface area contributed by atoms with Crippen LogP contribution in [0.25, 0.3) is 11.0 Å². The van der Waals surface area contributed by atoms with Gasteiger partial charge in [-0.25, -0.2) is 13.4 Å². The van der Waals surface area contributed by atoms with E-state index in [1.165, 1.54) is 4.31 Å². The Morgan fingerprint density at radius 1 is 1.09 bits per heavy atom. The van der Waals surface area contributed by atoms with Gasteiger partial charge in [-0.1, -0.05) is 44.2 Å². The summed E-state index contributed by atoms with van der Waals surface area (Å²) in [6, 6.07) is 14.9. The molecule has 1 N–H and O–H groups in total. The summed E-state index contributed by atoms with van der Waals surface area (Å²) in [5.74, 6) is 0.739. The highest BCUT2D eigenvalue weighted by atomic mass is 32.2. The molecule has 172 valence electrons. The third-order valence-corrected chi connectivity index (χ3v) is 7.76. The van der Waals surface area contributed by atoms with Gasteiger partial charge in [0.05, 0.1) is 22.0 Å². The number of benzene rings is 2. The van der Waals surface area contributed by atoms with Gasteiger partial charge >= 0.3 is 0 Å². The molecule has 2 aromatic carbocycles. The van der Waals surface area contributed by atoms with E-state index in [1.807, 2.05) is 68.7 Å². The molecule has 1 aromatic heterocycles. The Morgan fingerprint density at radius 3 is 2.41 bits per heavy atom. The van der Waals surface area contributed by atoms with Crippen LogP contribution in [0.2, 0.25) is 0 Å². The van der Waals surface area contributed by atoms with Gasteiger partial charge in [-0.15, -0.1) is 0 Å². The number of hydrogen-bond acceptors (Lipinski definition) is 4. The van der Waals surface area contributed by atoms with Crippen molar-refractivity contribution in [3.8, 4) is 0 Å². The maximum atomic E-state index is 12.9. The number of aryl methyl sites for hydroxylation is 2. The largest absolute Gasteiger partial charge is 0.350 e. The van der Waals surface area contributed by atoms with E-state index >= 15 is 0 Å². The van der Waals surface area contributed by atoms with Crippen LogP contribution in [0.5, 0.6) is 0 Å². The maximum Gasteiger partial charge on any atom is 0.243 e. The van der Waals surface area contributed by atoms with Crippen molar-refractivity contribution in [2.45, 2.75) is 58.0 Å². The minimum absolute atomic E-state index is 0.0409. The molecule has 3 aromatic rings. The van der Waals surface area contributed by atoms with E-state index in [0.717, 1.165) is 16.9 Å². The molecular formula is C24H32N4O3S. The van der Waals surface area contributed by atoms with E-state index in [-0.39, 0.29) is 16.8 Å². The second kappa shape index (κ2) is 10.3. The first kappa shape index (κ1) is 23.9. The number of sulfonamides is 1. The topological polar surface area (TPSA) is 84.3 Å². The number of carbonyl (C=O) groups is 1. The van der Waals surface area contributed by atoms with Gasteiger partial charge in [-0.3, -0.25) is 4.79 Å². The van der Waals surface area contributed by atoms with Gasteiger partial charge in [0, 0.05) is 32.5 Å². The van der Waals surface area contributed by atoms with Crippen LogP contribution in [-0.2, 0) is 27.8 Å². The van der Waals surface area contributed by atoms with Crippen LogP contribution in [-0.4, -0.2) is 41.3 Å². The molecular weight excluding hydrogens is 424 g/mol. The fourth-order valence-corrected chi connectivity index (χ4v) is 5.42. The number of nitrogens with zero attached hydrogens (tertiary/aromatic N) is 3. The first-order valence-corrected chi connectivity index (χ1v) is 12.6. The van der Waals surface area contributed by atoms with Crippen molar-refractivity contribution in [3.63, 3.8) is 0 Å². The summed E-state index contributed by atoms with van der Waals surface area (Å²) in [5, 5.41) is 3.03. The summed E-state index contributed by atoms with van der Waals surface area (Å²) in [4.78, 5) is 17.4. The standard InChI is InChI=1S/C24H32N4O3S/c1-5-27(6-2)32(30,31)20-13-14-22-21(17-20)26-23(28(22)7-3)15-16-24(29)25-18(4)19-11-9-8-10-12-19/h8-14,17-18H,5-7,15-16H2,1-4H3,(H,25,29)/t18-/m1/s1. The molecule has 1 atom stereocenters. The van der Waals surface area contributed by atoms with E-state index in [4.69, 9.17) is 0 Å². The van der Waals surface area contributed by atoms with Gasteiger partial charge in [0.25, 0.3) is 0 Å². The molecule has 32 heavy (non-hydrogen) atoms. The molecule has 0 aliphatic rings. The Labute approximate surface area is 190 Å². The third-order valence-electron chi connectivity index (χ3n) is 5.71. The van der Waals surface area contributed by atoms with Crippen molar-refractivity contribution in [3.05, 3.63) is 59.9 Å². The van der Waals surface area contributed by atoms with Crippen LogP contribution >= 0.6 is 0 Å². The quantitative estimate of drug-likeness (QED) is 0.502. The average molecular weight is 457 g/mol. The van der Waals surface area contributed by atoms with Crippen LogP contribution in [0.3, 0.4) is 0 Å². The van der Waals surface area contributed by atoms with Crippen molar-refractivity contribution in [1.82, 2.24) is 19.2 Å². The zero-order chi connectivity index (χ0) is 23.3. The zero-order valence-corrected chi connectivity index (χ0v) is 20.0. The number of carbonyl (C=O) groups excluding carboxylic acids is 1. The lowest BCUT2D eigenvalue weighted by Gasteiger charge is -2.18. The average Bonchev–Trinajstić information content (AvgIpc) is 3.15. The Hall–Kier alpha value is -2.71. The number of nitrogens with one attached hydrogen (secondary N) is 1. The number of amides is 1. The molecule has 7 nitrogen and oxygen atoms in total. The van der Waals surface area contributed by atoms with Gasteiger partial charge in [0.1, 0.15) is 5.82 Å². The van der Waals surface area contributed by atoms with Gasteiger partial charge in [-0.2, -0.15) is 4.31 Å². The minimum atomic E-state index is -3.55. The second-order valence-electron chi connectivity index (χ2n) is 7.71. The lowest BCUT2D eigenvalue weighted by Crippen LogP contribution is -2.30. The smallest absolute Gasteiger partial charge is 0.243 e. The Bertz CT molecular complexity index is 1170. The lowest BCUT2D eigenvalue weighted by atomic mass is 10.1. The van der Waals surface area contributed by atoms with Gasteiger partial charge in [0.15, 0.2) is 0 Å². The number of imidazole rings is 1. The second-order valence-corrected chi connectivity index (χ2v) is 9.65. The highest BCUT2D eigenvalue weighted by Gasteiger charge is 2.23. The molecule has 0 spiro atoms. The number of rotatable bonds is 10. The summed E-state index contributed by atoms with van der Waals surface area (Å²) < 4.78 is 29.2. The molecule has 0 bridgehead atoms. The fourth-order valence-electron chi connectivity index (χ4n) is 3.94. The molecule has 0 aliphatic heterocycles. The Kier molecular flexibility index (Phi) is 7.69. The fraction of sp³-hybridized carbons (Fsp3) is 0.417. The van der Waals surface area contributed by atoms with Crippen molar-refractivity contribution < 1.29 is 13.2 Å². The number of aromatic nitrogens is 2. The van der Waals surface area contributed by atoms with E-state index in [2.05, 4.69) is 10.3 Å². The van der Waals surface area contributed by atoms with Crippen LogP contribution in [0.1, 0.15) is 51.5 Å². The highest BCUT2D eigenvalue weighted by molar-refractivity contribution is 7.89. The van der Waals surface area contributed by atoms with E-state index in [1.54, 1.807) is 12.1 Å². The van der Waals surface area contributed by atoms with E-state index in [0.29, 0.717) is 38.0 Å². The van der Waals surface area contributed by atoms with Crippen LogP contribution < -0.4 is 5.32 Å². The maximum absolute atomic E-state index is 12.9. The Balaban J connectivity index is 1.77. The third kappa shape index (κ3) is 5.02. The minimum Gasteiger partial charge on any atom is -0.350 e. The summed E-state index contributed by atoms with van der Waals surface area (Å²) in [6.07, 6.45) is 0.791. The molecule has 0 unspecified atom stereocenters. The highest BCUT2D eigenvalue weighted by Crippen LogP contribution is 2.23. The monoisotopic (exact) mass is 456 g/mol. The first-order valence-electron chi connectivity index (χ1n) is 11.1. The SMILES string of the molecule is CCN(CC)S(=O)(=O)c1ccc2c(c1)nc(CCC(=O)N[C@H](C)c1ccccc1)n2CC. The van der Waals surface area contributed by atoms with E-state index < -0.39 is 10.0 Å². The Morgan fingerprint density at radius 2 is 1.78 bits per heavy atom. The zero-order valence-electron chi connectivity index (χ0n) is 19.2. The normalized spacial score (nSPS) is 12.9. The predicted octanol–water partition coefficient (Wildman–Crippen LogP) is 3.90. The summed E-state index contributed by atoms with van der Waals surface area (Å²) in [7, 11) is -3.55. The number of hydrogen-bond donors (Lipinski definition) is 1. The van der Waals surface area contributed by atoms with E-state index in [9.17, 15) is 13.2 Å². The molecule has 0 radical (unpaired) electrons. The van der Waals surface area contributed by atoms with Crippen molar-refractivity contribution in [1.29, 1.82) is 0 Å². The summed E-state index contributed by atoms with van der Waals surface area (Å²) in [6.45, 7) is 9.16. The number of fused-ring (bicyclic) bond motifs is 1. The van der Waals surface area contributed by atoms with Crippen LogP contribution in [0, 0.1) is 0 Å². The van der Waals surface area contributed by atoms with Gasteiger partial charge in [-0.05, 0) is 37.6 Å². The van der Waals surface area contributed by atoms with Crippen LogP contribution in [0.4, 0.5) is 0 Å². The van der Waals surface area contributed by atoms with Gasteiger partial charge < -0.3 is 9.88 Å². The molecule has 0 fully saturated rings. The molecule has 0 saturated carbocycles. The first-order chi connectivity index (χ1) is 15.3. The van der Waals surface area contributed by atoms with Crippen LogP contribution in [0.15, 0.2) is 53.4 Å². The predicted molar refractivity (Wildman–Crippen MR) is 127 cm³/mol. The molecule has 1 amide bonds. The van der Waals surface area contributed by atoms with Gasteiger partial charge in [0.2, 0.25) is 15.9 Å². The summed E-state index contributed by atoms with van der Waals surface area (Å²) >= 11 is 0. The lowest BCUT2D eigenvalue weighted by molar-refractivity contribution is -0.121. The summed E-state index contributed by atoms with van der Waals surface area (Å²) in [5.41, 5.74) is 2.57. The molecule has 0 saturated heterocycles.